The third-order valence-corrected chi connectivity index (χ3v) is 2.01. The van der Waals surface area contributed by atoms with Crippen LogP contribution in [0.1, 0.15) is 51.9 Å². The largest absolute Gasteiger partial charge is 0.336 e. The normalized spacial score (nSPS) is 10.5. The number of amides is 1. The lowest BCUT2D eigenvalue weighted by Gasteiger charge is -1.97. The van der Waals surface area contributed by atoms with E-state index in [0.29, 0.717) is 6.41 Å². The summed E-state index contributed by atoms with van der Waals surface area (Å²) in [6.45, 7) is 2.23. The molecule has 1 amide bonds. The van der Waals surface area contributed by atoms with Crippen molar-refractivity contribution in [2.75, 3.05) is 0 Å². The lowest BCUT2D eigenvalue weighted by molar-refractivity contribution is -0.108. The number of carbonyl (C=O) groups excluding carboxylic acids is 1. The molecule has 76 valence electrons. The van der Waals surface area contributed by atoms with E-state index in [1.807, 2.05) is 6.08 Å². The van der Waals surface area contributed by atoms with Gasteiger partial charge in [-0.05, 0) is 19.0 Å². The van der Waals surface area contributed by atoms with Gasteiger partial charge in [0.15, 0.2) is 0 Å². The number of unbranched alkanes of at least 4 members (excludes halogenated alkanes) is 6. The number of rotatable bonds is 9. The molecule has 0 aromatic heterocycles. The van der Waals surface area contributed by atoms with Crippen LogP contribution in [-0.4, -0.2) is 6.41 Å². The Morgan fingerprint density at radius 2 is 1.77 bits per heavy atom. The summed E-state index contributed by atoms with van der Waals surface area (Å²) in [6.07, 6.45) is 13.4. The highest BCUT2D eigenvalue weighted by molar-refractivity contribution is 5.47. The van der Waals surface area contributed by atoms with Crippen LogP contribution in [-0.2, 0) is 4.79 Å². The Morgan fingerprint density at radius 1 is 1.08 bits per heavy atom. The third kappa shape index (κ3) is 11.2. The van der Waals surface area contributed by atoms with Gasteiger partial charge in [0, 0.05) is 0 Å². The van der Waals surface area contributed by atoms with Crippen molar-refractivity contribution in [3.05, 3.63) is 12.3 Å². The SMILES string of the molecule is CCCCCCCCC=CNC=O. The monoisotopic (exact) mass is 183 g/mol. The Bertz CT molecular complexity index is 132. The molecule has 0 rings (SSSR count). The Hall–Kier alpha value is -0.790. The van der Waals surface area contributed by atoms with Crippen LogP contribution in [0.15, 0.2) is 12.3 Å². The fourth-order valence-electron chi connectivity index (χ4n) is 1.23. The number of hydrogen-bond donors (Lipinski definition) is 1. The van der Waals surface area contributed by atoms with Crippen molar-refractivity contribution in [1.29, 1.82) is 0 Å². The van der Waals surface area contributed by atoms with E-state index in [0.717, 1.165) is 6.42 Å². The molecule has 0 radical (unpaired) electrons. The van der Waals surface area contributed by atoms with E-state index in [9.17, 15) is 4.79 Å². The van der Waals surface area contributed by atoms with Gasteiger partial charge in [0.25, 0.3) is 0 Å². The van der Waals surface area contributed by atoms with Gasteiger partial charge in [-0.15, -0.1) is 0 Å². The van der Waals surface area contributed by atoms with E-state index in [2.05, 4.69) is 12.2 Å². The molecule has 2 heteroatoms. The molecule has 0 heterocycles. The Kier molecular flexibility index (Phi) is 10.5. The highest BCUT2D eigenvalue weighted by Crippen LogP contribution is 2.06. The van der Waals surface area contributed by atoms with Crippen molar-refractivity contribution in [3.63, 3.8) is 0 Å². The van der Waals surface area contributed by atoms with Gasteiger partial charge >= 0.3 is 0 Å². The average Bonchev–Trinajstić information content (AvgIpc) is 2.16. The predicted molar refractivity (Wildman–Crippen MR) is 56.3 cm³/mol. The zero-order valence-electron chi connectivity index (χ0n) is 8.59. The Labute approximate surface area is 81.4 Å². The summed E-state index contributed by atoms with van der Waals surface area (Å²) < 4.78 is 0. The molecule has 0 saturated carbocycles. The van der Waals surface area contributed by atoms with E-state index < -0.39 is 0 Å². The van der Waals surface area contributed by atoms with Crippen molar-refractivity contribution in [2.24, 2.45) is 0 Å². The second-order valence-corrected chi connectivity index (χ2v) is 3.24. The molecule has 0 saturated heterocycles. The lowest BCUT2D eigenvalue weighted by Crippen LogP contribution is -1.97. The van der Waals surface area contributed by atoms with Gasteiger partial charge in [0.2, 0.25) is 6.41 Å². The summed E-state index contributed by atoms with van der Waals surface area (Å²) in [5.41, 5.74) is 0. The van der Waals surface area contributed by atoms with Crippen LogP contribution in [0.4, 0.5) is 0 Å². The summed E-state index contributed by atoms with van der Waals surface area (Å²) in [5.74, 6) is 0. The van der Waals surface area contributed by atoms with Gasteiger partial charge in [-0.3, -0.25) is 4.79 Å². The highest BCUT2D eigenvalue weighted by Gasteiger charge is 1.87. The van der Waals surface area contributed by atoms with Crippen LogP contribution in [0.25, 0.3) is 0 Å². The number of carbonyl (C=O) groups is 1. The predicted octanol–water partition coefficient (Wildman–Crippen LogP) is 3.00. The average molecular weight is 183 g/mol. The van der Waals surface area contributed by atoms with Gasteiger partial charge < -0.3 is 5.32 Å². The van der Waals surface area contributed by atoms with Crippen LogP contribution in [0.2, 0.25) is 0 Å². The van der Waals surface area contributed by atoms with E-state index >= 15 is 0 Å². The minimum absolute atomic E-state index is 0.692. The minimum atomic E-state index is 0.692. The summed E-state index contributed by atoms with van der Waals surface area (Å²) in [5, 5.41) is 2.50. The first kappa shape index (κ1) is 12.2. The molecular formula is C11H21NO. The molecule has 2 nitrogen and oxygen atoms in total. The maximum Gasteiger partial charge on any atom is 0.211 e. The first-order valence-corrected chi connectivity index (χ1v) is 5.26. The number of allylic oxidation sites excluding steroid dienone is 1. The molecule has 13 heavy (non-hydrogen) atoms. The Balaban J connectivity index is 2.94. The molecule has 0 spiro atoms. The van der Waals surface area contributed by atoms with Crippen molar-refractivity contribution < 1.29 is 4.79 Å². The second kappa shape index (κ2) is 11.2. The lowest BCUT2D eigenvalue weighted by atomic mass is 10.1. The zero-order valence-corrected chi connectivity index (χ0v) is 8.59. The standard InChI is InChI=1S/C11H21NO/c1-2-3-4-5-6-7-8-9-10-12-11-13/h9-11H,2-8H2,1H3,(H,12,13). The van der Waals surface area contributed by atoms with Crippen molar-refractivity contribution in [2.45, 2.75) is 51.9 Å². The minimum Gasteiger partial charge on any atom is -0.336 e. The van der Waals surface area contributed by atoms with Crippen molar-refractivity contribution in [3.8, 4) is 0 Å². The maximum absolute atomic E-state index is 9.85. The fraction of sp³-hybridized carbons (Fsp3) is 0.727. The first-order valence-electron chi connectivity index (χ1n) is 5.26. The molecule has 0 atom stereocenters. The van der Waals surface area contributed by atoms with Crippen LogP contribution in [0.5, 0.6) is 0 Å². The third-order valence-electron chi connectivity index (χ3n) is 2.01. The molecule has 0 aromatic rings. The van der Waals surface area contributed by atoms with Gasteiger partial charge in [-0.25, -0.2) is 0 Å². The van der Waals surface area contributed by atoms with Crippen LogP contribution < -0.4 is 5.32 Å². The van der Waals surface area contributed by atoms with Gasteiger partial charge in [0.05, 0.1) is 0 Å². The molecule has 0 aromatic carbocycles. The Morgan fingerprint density at radius 3 is 2.46 bits per heavy atom. The van der Waals surface area contributed by atoms with E-state index in [1.165, 1.54) is 38.5 Å². The quantitative estimate of drug-likeness (QED) is 0.432. The molecule has 0 aliphatic rings. The topological polar surface area (TPSA) is 29.1 Å². The van der Waals surface area contributed by atoms with Crippen LogP contribution in [0.3, 0.4) is 0 Å². The van der Waals surface area contributed by atoms with Crippen molar-refractivity contribution in [1.82, 2.24) is 5.32 Å². The molecule has 0 unspecified atom stereocenters. The molecule has 0 aliphatic heterocycles. The van der Waals surface area contributed by atoms with E-state index in [-0.39, 0.29) is 0 Å². The van der Waals surface area contributed by atoms with Crippen LogP contribution >= 0.6 is 0 Å². The van der Waals surface area contributed by atoms with Crippen LogP contribution in [0, 0.1) is 0 Å². The summed E-state index contributed by atoms with van der Waals surface area (Å²) in [4.78, 5) is 9.85. The van der Waals surface area contributed by atoms with Gasteiger partial charge in [0.1, 0.15) is 0 Å². The smallest absolute Gasteiger partial charge is 0.211 e. The number of hydrogen-bond acceptors (Lipinski definition) is 1. The maximum atomic E-state index is 9.85. The van der Waals surface area contributed by atoms with E-state index in [4.69, 9.17) is 0 Å². The second-order valence-electron chi connectivity index (χ2n) is 3.24. The molecule has 1 N–H and O–H groups in total. The molecule has 0 bridgehead atoms. The summed E-state index contributed by atoms with van der Waals surface area (Å²) in [7, 11) is 0. The van der Waals surface area contributed by atoms with Gasteiger partial charge in [-0.2, -0.15) is 0 Å². The van der Waals surface area contributed by atoms with Crippen molar-refractivity contribution >= 4 is 6.41 Å². The molecule has 0 aliphatic carbocycles. The zero-order chi connectivity index (χ0) is 9.78. The summed E-state index contributed by atoms with van der Waals surface area (Å²) in [6, 6.07) is 0. The molecular weight excluding hydrogens is 162 g/mol. The highest BCUT2D eigenvalue weighted by atomic mass is 16.1. The molecule has 0 fully saturated rings. The fourth-order valence-corrected chi connectivity index (χ4v) is 1.23. The number of nitrogens with one attached hydrogen (secondary N) is 1. The van der Waals surface area contributed by atoms with Gasteiger partial charge in [-0.1, -0.05) is 45.1 Å². The summed E-state index contributed by atoms with van der Waals surface area (Å²) >= 11 is 0. The van der Waals surface area contributed by atoms with E-state index in [1.54, 1.807) is 6.20 Å². The first-order chi connectivity index (χ1) is 6.41.